The smallest absolute Gasteiger partial charge is 0.359 e. The van der Waals surface area contributed by atoms with Gasteiger partial charge in [-0.2, -0.15) is 10.1 Å². The summed E-state index contributed by atoms with van der Waals surface area (Å²) in [6.07, 6.45) is 3.83. The van der Waals surface area contributed by atoms with E-state index in [0.29, 0.717) is 28.6 Å². The molecule has 2 N–H and O–H groups in total. The van der Waals surface area contributed by atoms with Crippen LogP contribution in [0, 0.1) is 24.4 Å². The Kier molecular flexibility index (Phi) is 7.17. The first-order valence-corrected chi connectivity index (χ1v) is 12.3. The standard InChI is InChI=1S/C26H21ClF3N7O3/c1-13-3-17(9-31-8-13)37-25(39)33-24(36(26(37)40)12-15-4-20(29)21(30)7-19(15)28)32-23-5-16-11-35(10-14(2)38)34-22(16)6-18(23)27/h3-9,11,14,38H,10,12H2,1-2H3,(H,32,33,39)/t14-/m0/s1. The number of aryl methyl sites for hydroxylation is 1. The number of pyridine rings is 1. The molecule has 3 heterocycles. The average molecular weight is 572 g/mol. The van der Waals surface area contributed by atoms with Gasteiger partial charge in [0.25, 0.3) is 0 Å². The van der Waals surface area contributed by atoms with E-state index in [0.717, 1.165) is 9.13 Å². The summed E-state index contributed by atoms with van der Waals surface area (Å²) in [4.78, 5) is 34.7. The first kappa shape index (κ1) is 27.1. The zero-order chi connectivity index (χ0) is 28.7. The van der Waals surface area contributed by atoms with Gasteiger partial charge < -0.3 is 10.4 Å². The summed E-state index contributed by atoms with van der Waals surface area (Å²) in [7, 11) is 0. The lowest BCUT2D eigenvalue weighted by molar-refractivity contribution is 0.169. The highest BCUT2D eigenvalue weighted by atomic mass is 35.5. The molecule has 5 aromatic rings. The van der Waals surface area contributed by atoms with Gasteiger partial charge in [-0.1, -0.05) is 11.6 Å². The van der Waals surface area contributed by atoms with Crippen LogP contribution in [0.3, 0.4) is 0 Å². The van der Waals surface area contributed by atoms with Crippen molar-refractivity contribution in [3.63, 3.8) is 0 Å². The monoisotopic (exact) mass is 571 g/mol. The Morgan fingerprint density at radius 1 is 1.05 bits per heavy atom. The summed E-state index contributed by atoms with van der Waals surface area (Å²) in [6, 6.07) is 5.65. The van der Waals surface area contributed by atoms with E-state index >= 15 is 0 Å². The quantitative estimate of drug-likeness (QED) is 0.286. The largest absolute Gasteiger partial charge is 0.391 e. The van der Waals surface area contributed by atoms with Crippen molar-refractivity contribution in [2.24, 2.45) is 0 Å². The summed E-state index contributed by atoms with van der Waals surface area (Å²) >= 11 is 6.45. The first-order valence-electron chi connectivity index (χ1n) is 11.9. The maximum Gasteiger partial charge on any atom is 0.359 e. The first-order chi connectivity index (χ1) is 19.0. The Bertz CT molecular complexity index is 1880. The lowest BCUT2D eigenvalue weighted by atomic mass is 10.2. The molecule has 2 aromatic carbocycles. The number of rotatable bonds is 7. The molecule has 0 aliphatic rings. The Morgan fingerprint density at radius 3 is 2.52 bits per heavy atom. The zero-order valence-electron chi connectivity index (χ0n) is 21.1. The average Bonchev–Trinajstić information content (AvgIpc) is 3.24. The molecule has 5 rings (SSSR count). The number of aliphatic hydroxyl groups is 1. The predicted molar refractivity (Wildman–Crippen MR) is 142 cm³/mol. The van der Waals surface area contributed by atoms with Crippen LogP contribution in [0.5, 0.6) is 0 Å². The van der Waals surface area contributed by atoms with E-state index in [2.05, 4.69) is 20.4 Å². The van der Waals surface area contributed by atoms with Crippen LogP contribution in [0.25, 0.3) is 16.6 Å². The fourth-order valence-corrected chi connectivity index (χ4v) is 4.35. The van der Waals surface area contributed by atoms with Gasteiger partial charge in [0.1, 0.15) is 5.82 Å². The molecule has 0 aliphatic carbocycles. The Hall–Kier alpha value is -4.49. The van der Waals surface area contributed by atoms with Gasteiger partial charge >= 0.3 is 11.4 Å². The summed E-state index contributed by atoms with van der Waals surface area (Å²) < 4.78 is 45.3. The van der Waals surface area contributed by atoms with Crippen LogP contribution >= 0.6 is 11.6 Å². The second-order valence-electron chi connectivity index (χ2n) is 9.22. The van der Waals surface area contributed by atoms with E-state index < -0.39 is 41.5 Å². The molecule has 0 amide bonds. The molecule has 0 spiro atoms. The molecule has 1 atom stereocenters. The fourth-order valence-electron chi connectivity index (χ4n) is 4.15. The topological polar surface area (TPSA) is 120 Å². The summed E-state index contributed by atoms with van der Waals surface area (Å²) in [5, 5.41) is 17.6. The number of halogens is 4. The van der Waals surface area contributed by atoms with Crippen molar-refractivity contribution in [3.05, 3.63) is 103 Å². The highest BCUT2D eigenvalue weighted by molar-refractivity contribution is 6.34. The summed E-state index contributed by atoms with van der Waals surface area (Å²) in [5.41, 5.74) is -0.762. The molecule has 0 unspecified atom stereocenters. The van der Waals surface area contributed by atoms with Crippen molar-refractivity contribution in [3.8, 4) is 5.69 Å². The number of hydrogen-bond donors (Lipinski definition) is 2. The van der Waals surface area contributed by atoms with Crippen molar-refractivity contribution in [1.82, 2.24) is 28.9 Å². The highest BCUT2D eigenvalue weighted by Gasteiger charge is 2.20. The van der Waals surface area contributed by atoms with Crippen molar-refractivity contribution < 1.29 is 18.3 Å². The van der Waals surface area contributed by atoms with Crippen molar-refractivity contribution in [2.45, 2.75) is 33.0 Å². The third kappa shape index (κ3) is 5.33. The maximum atomic E-state index is 14.6. The number of aromatic nitrogens is 6. The van der Waals surface area contributed by atoms with Gasteiger partial charge in [0.15, 0.2) is 11.6 Å². The highest BCUT2D eigenvalue weighted by Crippen LogP contribution is 2.29. The van der Waals surface area contributed by atoms with Gasteiger partial charge in [-0.15, -0.1) is 0 Å². The van der Waals surface area contributed by atoms with E-state index in [-0.39, 0.29) is 34.5 Å². The van der Waals surface area contributed by atoms with Gasteiger partial charge in [0.2, 0.25) is 5.95 Å². The molecule has 14 heteroatoms. The normalized spacial score (nSPS) is 12.2. The van der Waals surface area contributed by atoms with Crippen LogP contribution < -0.4 is 16.7 Å². The number of aliphatic hydroxyl groups excluding tert-OH is 1. The Labute approximate surface area is 228 Å². The SMILES string of the molecule is Cc1cncc(-n2c(=O)nc(Nc3cc4cn(C[C@H](C)O)nc4cc3Cl)n(Cc3cc(F)c(F)cc3F)c2=O)c1. The van der Waals surface area contributed by atoms with Crippen LogP contribution in [-0.4, -0.2) is 40.1 Å². The van der Waals surface area contributed by atoms with Crippen molar-refractivity contribution >= 4 is 34.1 Å². The van der Waals surface area contributed by atoms with E-state index in [9.17, 15) is 27.9 Å². The number of benzene rings is 2. The second kappa shape index (κ2) is 10.6. The lowest BCUT2D eigenvalue weighted by Gasteiger charge is -2.17. The minimum atomic E-state index is -1.39. The number of anilines is 2. The van der Waals surface area contributed by atoms with Crippen LogP contribution in [0.15, 0.2) is 58.5 Å². The van der Waals surface area contributed by atoms with Gasteiger partial charge in [-0.25, -0.2) is 27.3 Å². The molecule has 206 valence electrons. The molecule has 0 bridgehead atoms. The number of nitrogens with one attached hydrogen (secondary N) is 1. The van der Waals surface area contributed by atoms with E-state index in [1.54, 1.807) is 26.1 Å². The van der Waals surface area contributed by atoms with E-state index in [4.69, 9.17) is 11.6 Å². The molecule has 0 fully saturated rings. The Balaban J connectivity index is 1.66. The fraction of sp³-hybridized carbons (Fsp3) is 0.192. The molecular weight excluding hydrogens is 551 g/mol. The van der Waals surface area contributed by atoms with Crippen LogP contribution in [0.4, 0.5) is 24.8 Å². The number of fused-ring (bicyclic) bond motifs is 1. The third-order valence-corrected chi connectivity index (χ3v) is 6.26. The Morgan fingerprint density at radius 2 is 1.80 bits per heavy atom. The third-order valence-electron chi connectivity index (χ3n) is 5.95. The van der Waals surface area contributed by atoms with Crippen molar-refractivity contribution in [2.75, 3.05) is 5.32 Å². The molecular formula is C26H21ClF3N7O3. The van der Waals surface area contributed by atoms with Gasteiger partial charge in [-0.3, -0.25) is 14.2 Å². The molecule has 3 aromatic heterocycles. The van der Waals surface area contributed by atoms with Crippen LogP contribution in [0.2, 0.25) is 5.02 Å². The van der Waals surface area contributed by atoms with Gasteiger partial charge in [-0.05, 0) is 43.7 Å². The second-order valence-corrected chi connectivity index (χ2v) is 9.62. The molecule has 0 radical (unpaired) electrons. The minimum Gasteiger partial charge on any atom is -0.391 e. The van der Waals surface area contributed by atoms with Gasteiger partial charge in [0, 0.05) is 29.4 Å². The predicted octanol–water partition coefficient (Wildman–Crippen LogP) is 3.69. The lowest BCUT2D eigenvalue weighted by Crippen LogP contribution is -2.42. The molecule has 0 saturated carbocycles. The summed E-state index contributed by atoms with van der Waals surface area (Å²) in [6.45, 7) is 2.95. The van der Waals surface area contributed by atoms with Crippen LogP contribution in [-0.2, 0) is 13.1 Å². The summed E-state index contributed by atoms with van der Waals surface area (Å²) in [5.74, 6) is -4.13. The maximum absolute atomic E-state index is 14.6. The van der Waals surface area contributed by atoms with E-state index in [1.165, 1.54) is 29.2 Å². The molecule has 0 aliphatic heterocycles. The van der Waals surface area contributed by atoms with Gasteiger partial charge in [0.05, 0.1) is 47.3 Å². The molecule has 0 saturated heterocycles. The molecule has 40 heavy (non-hydrogen) atoms. The number of nitrogens with zero attached hydrogens (tertiary/aromatic N) is 6. The van der Waals surface area contributed by atoms with Crippen molar-refractivity contribution in [1.29, 1.82) is 0 Å². The van der Waals surface area contributed by atoms with E-state index in [1.807, 2.05) is 0 Å². The number of hydrogen-bond acceptors (Lipinski definition) is 7. The molecule has 10 nitrogen and oxygen atoms in total. The van der Waals surface area contributed by atoms with Crippen LogP contribution in [0.1, 0.15) is 18.1 Å². The zero-order valence-corrected chi connectivity index (χ0v) is 21.8. The minimum absolute atomic E-state index is 0.110.